The Morgan fingerprint density at radius 3 is 2.30 bits per heavy atom. The summed E-state index contributed by atoms with van der Waals surface area (Å²) in [6.45, 7) is 7.44. The minimum atomic E-state index is -0.127. The highest BCUT2D eigenvalue weighted by molar-refractivity contribution is 5.93. The zero-order valence-corrected chi connectivity index (χ0v) is 19.5. The van der Waals surface area contributed by atoms with Gasteiger partial charge < -0.3 is 15.5 Å². The van der Waals surface area contributed by atoms with Crippen molar-refractivity contribution in [2.24, 2.45) is 5.92 Å². The lowest BCUT2D eigenvalue weighted by molar-refractivity contribution is -0.125. The number of carbonyl (C=O) groups excluding carboxylic acids is 2. The van der Waals surface area contributed by atoms with E-state index in [2.05, 4.69) is 46.7 Å². The van der Waals surface area contributed by atoms with Crippen LogP contribution in [0.25, 0.3) is 5.69 Å². The molecule has 0 radical (unpaired) electrons. The molecule has 2 aromatic carbocycles. The number of nitrogens with one attached hydrogen (secondary N) is 2. The summed E-state index contributed by atoms with van der Waals surface area (Å²) in [4.78, 5) is 26.9. The molecule has 1 saturated heterocycles. The molecule has 1 aliphatic rings. The Morgan fingerprint density at radius 2 is 1.67 bits per heavy atom. The van der Waals surface area contributed by atoms with Gasteiger partial charge in [0, 0.05) is 32.5 Å². The van der Waals surface area contributed by atoms with Crippen molar-refractivity contribution in [2.45, 2.75) is 40.2 Å². The molecule has 0 atom stereocenters. The van der Waals surface area contributed by atoms with E-state index in [0.29, 0.717) is 19.6 Å². The molecule has 33 heavy (non-hydrogen) atoms. The van der Waals surface area contributed by atoms with E-state index in [9.17, 15) is 9.59 Å². The van der Waals surface area contributed by atoms with Gasteiger partial charge in [-0.1, -0.05) is 48.0 Å². The highest BCUT2D eigenvalue weighted by Gasteiger charge is 2.29. The van der Waals surface area contributed by atoms with Crippen LogP contribution < -0.4 is 15.5 Å². The van der Waals surface area contributed by atoms with Gasteiger partial charge in [-0.25, -0.2) is 4.68 Å². The number of piperidine rings is 1. The lowest BCUT2D eigenvalue weighted by Crippen LogP contribution is -2.41. The number of hydrogen-bond donors (Lipinski definition) is 2. The zero-order valence-electron chi connectivity index (χ0n) is 19.5. The molecule has 4 rings (SSSR count). The van der Waals surface area contributed by atoms with Gasteiger partial charge in [0.05, 0.1) is 11.4 Å². The summed E-state index contributed by atoms with van der Waals surface area (Å²) in [5.41, 5.74) is 4.75. The van der Waals surface area contributed by atoms with Gasteiger partial charge in [-0.3, -0.25) is 9.59 Å². The maximum Gasteiger partial charge on any atom is 0.223 e. The normalized spacial score (nSPS) is 14.2. The first kappa shape index (κ1) is 22.6. The van der Waals surface area contributed by atoms with Gasteiger partial charge in [-0.2, -0.15) is 5.10 Å². The number of hydrogen-bond acceptors (Lipinski definition) is 4. The minimum Gasteiger partial charge on any atom is -0.355 e. The average Bonchev–Trinajstić information content (AvgIpc) is 3.14. The third-order valence-electron chi connectivity index (χ3n) is 6.09. The second kappa shape index (κ2) is 9.90. The predicted octanol–water partition coefficient (Wildman–Crippen LogP) is 3.98. The Morgan fingerprint density at radius 1 is 1.00 bits per heavy atom. The van der Waals surface area contributed by atoms with Crippen molar-refractivity contribution in [1.82, 2.24) is 15.1 Å². The van der Waals surface area contributed by atoms with Crippen LogP contribution in [0.5, 0.6) is 0 Å². The smallest absolute Gasteiger partial charge is 0.223 e. The number of carbonyl (C=O) groups is 2. The Labute approximate surface area is 194 Å². The summed E-state index contributed by atoms with van der Waals surface area (Å²) < 4.78 is 1.89. The van der Waals surface area contributed by atoms with Gasteiger partial charge in [0.1, 0.15) is 5.69 Å². The van der Waals surface area contributed by atoms with Gasteiger partial charge in [-0.15, -0.1) is 0 Å². The van der Waals surface area contributed by atoms with Crippen LogP contribution in [0, 0.1) is 19.8 Å². The van der Waals surface area contributed by atoms with Gasteiger partial charge in [0.25, 0.3) is 0 Å². The molecule has 0 aliphatic carbocycles. The van der Waals surface area contributed by atoms with Crippen molar-refractivity contribution in [1.29, 1.82) is 0 Å². The van der Waals surface area contributed by atoms with Crippen LogP contribution in [0.3, 0.4) is 0 Å². The first-order valence-corrected chi connectivity index (χ1v) is 11.4. The van der Waals surface area contributed by atoms with E-state index in [4.69, 9.17) is 5.10 Å². The monoisotopic (exact) mass is 445 g/mol. The van der Waals surface area contributed by atoms with Crippen molar-refractivity contribution >= 4 is 23.3 Å². The number of benzene rings is 2. The number of para-hydroxylation sites is 1. The molecule has 172 valence electrons. The lowest BCUT2D eigenvalue weighted by Gasteiger charge is -2.33. The average molecular weight is 446 g/mol. The number of amides is 2. The molecular weight excluding hydrogens is 414 g/mol. The van der Waals surface area contributed by atoms with E-state index in [1.54, 1.807) is 0 Å². The number of rotatable bonds is 6. The Bertz CT molecular complexity index is 1110. The SMILES string of the molecule is CC(=O)Nc1c(C)nn(-c2ccccc2)c1N1CCC(C(=O)NCc2ccc(C)cc2)CC1. The van der Waals surface area contributed by atoms with Crippen LogP contribution in [0.1, 0.15) is 36.6 Å². The first-order valence-electron chi connectivity index (χ1n) is 11.4. The second-order valence-electron chi connectivity index (χ2n) is 8.68. The van der Waals surface area contributed by atoms with Crippen LogP contribution in [-0.2, 0) is 16.1 Å². The van der Waals surface area contributed by atoms with Gasteiger partial charge in [0.15, 0.2) is 5.82 Å². The molecule has 1 aromatic heterocycles. The van der Waals surface area contributed by atoms with Crippen LogP contribution in [0.15, 0.2) is 54.6 Å². The molecule has 2 amide bonds. The van der Waals surface area contributed by atoms with E-state index in [-0.39, 0.29) is 17.7 Å². The minimum absolute atomic E-state index is 0.0230. The number of nitrogens with zero attached hydrogens (tertiary/aromatic N) is 3. The summed E-state index contributed by atoms with van der Waals surface area (Å²) in [7, 11) is 0. The maximum absolute atomic E-state index is 12.8. The molecule has 2 N–H and O–H groups in total. The molecule has 3 aromatic rings. The Balaban J connectivity index is 1.47. The second-order valence-corrected chi connectivity index (χ2v) is 8.68. The molecule has 7 nitrogen and oxygen atoms in total. The van der Waals surface area contributed by atoms with E-state index < -0.39 is 0 Å². The summed E-state index contributed by atoms with van der Waals surface area (Å²) in [5, 5.41) is 10.8. The van der Waals surface area contributed by atoms with Gasteiger partial charge >= 0.3 is 0 Å². The molecular formula is C26H31N5O2. The summed E-state index contributed by atoms with van der Waals surface area (Å²) >= 11 is 0. The fourth-order valence-electron chi connectivity index (χ4n) is 4.27. The van der Waals surface area contributed by atoms with E-state index in [1.807, 2.05) is 41.9 Å². The standard InChI is InChI=1S/C26H31N5O2/c1-18-9-11-21(12-10-18)17-27-25(33)22-13-15-30(16-14-22)26-24(28-20(3)32)19(2)29-31(26)23-7-5-4-6-8-23/h4-12,22H,13-17H2,1-3H3,(H,27,33)(H,28,32). The summed E-state index contributed by atoms with van der Waals surface area (Å²) in [6, 6.07) is 18.1. The fourth-order valence-corrected chi connectivity index (χ4v) is 4.27. The van der Waals surface area contributed by atoms with E-state index >= 15 is 0 Å². The highest BCUT2D eigenvalue weighted by atomic mass is 16.2. The van der Waals surface area contributed by atoms with Gasteiger partial charge in [0.2, 0.25) is 11.8 Å². The number of aromatic nitrogens is 2. The summed E-state index contributed by atoms with van der Waals surface area (Å²) in [5.74, 6) is 0.819. The number of aryl methyl sites for hydroxylation is 2. The van der Waals surface area contributed by atoms with E-state index in [0.717, 1.165) is 41.3 Å². The molecule has 1 fully saturated rings. The third-order valence-corrected chi connectivity index (χ3v) is 6.09. The Kier molecular flexibility index (Phi) is 6.77. The first-order chi connectivity index (χ1) is 15.9. The third kappa shape index (κ3) is 5.25. The topological polar surface area (TPSA) is 79.3 Å². The highest BCUT2D eigenvalue weighted by Crippen LogP contribution is 2.34. The molecule has 0 unspecified atom stereocenters. The Hall–Kier alpha value is -3.61. The van der Waals surface area contributed by atoms with Crippen molar-refractivity contribution in [3.63, 3.8) is 0 Å². The number of anilines is 2. The van der Waals surface area contributed by atoms with Crippen LogP contribution >= 0.6 is 0 Å². The van der Waals surface area contributed by atoms with Crippen molar-refractivity contribution in [3.05, 3.63) is 71.4 Å². The molecule has 2 heterocycles. The molecule has 0 saturated carbocycles. The largest absolute Gasteiger partial charge is 0.355 e. The molecule has 1 aliphatic heterocycles. The zero-order chi connectivity index (χ0) is 23.4. The fraction of sp³-hybridized carbons (Fsp3) is 0.346. The predicted molar refractivity (Wildman–Crippen MR) is 131 cm³/mol. The van der Waals surface area contributed by atoms with Crippen LogP contribution in [-0.4, -0.2) is 34.7 Å². The lowest BCUT2D eigenvalue weighted by atomic mass is 9.95. The van der Waals surface area contributed by atoms with Crippen LogP contribution in [0.2, 0.25) is 0 Å². The maximum atomic E-state index is 12.8. The van der Waals surface area contributed by atoms with Crippen LogP contribution in [0.4, 0.5) is 11.5 Å². The molecule has 7 heteroatoms. The van der Waals surface area contributed by atoms with Crippen molar-refractivity contribution < 1.29 is 9.59 Å². The molecule has 0 bridgehead atoms. The molecule has 0 spiro atoms. The van der Waals surface area contributed by atoms with Crippen molar-refractivity contribution in [2.75, 3.05) is 23.3 Å². The summed E-state index contributed by atoms with van der Waals surface area (Å²) in [6.07, 6.45) is 1.50. The quantitative estimate of drug-likeness (QED) is 0.602. The van der Waals surface area contributed by atoms with E-state index in [1.165, 1.54) is 12.5 Å². The van der Waals surface area contributed by atoms with Gasteiger partial charge in [-0.05, 0) is 44.4 Å². The van der Waals surface area contributed by atoms with Crippen molar-refractivity contribution in [3.8, 4) is 5.69 Å².